The van der Waals surface area contributed by atoms with E-state index in [1.54, 1.807) is 41.0 Å². The molecule has 0 aliphatic carbocycles. The summed E-state index contributed by atoms with van der Waals surface area (Å²) in [5, 5.41) is 11.8. The predicted octanol–water partition coefficient (Wildman–Crippen LogP) is 3.38. The average Bonchev–Trinajstić information content (AvgIpc) is 2.79. The number of hydrogen-bond acceptors (Lipinski definition) is 5. The Balaban J connectivity index is 1.93. The van der Waals surface area contributed by atoms with Crippen molar-refractivity contribution < 1.29 is 19.1 Å². The van der Waals surface area contributed by atoms with Gasteiger partial charge in [0.2, 0.25) is 5.91 Å². The van der Waals surface area contributed by atoms with E-state index in [4.69, 9.17) is 10.00 Å². The minimum absolute atomic E-state index is 0.0604. The van der Waals surface area contributed by atoms with Crippen LogP contribution in [0.3, 0.4) is 0 Å². The largest absolute Gasteiger partial charge is 0.466 e. The van der Waals surface area contributed by atoms with Gasteiger partial charge >= 0.3 is 12.0 Å². The van der Waals surface area contributed by atoms with Crippen molar-refractivity contribution in [2.75, 3.05) is 38.1 Å². The van der Waals surface area contributed by atoms with E-state index in [1.807, 2.05) is 6.92 Å². The van der Waals surface area contributed by atoms with Gasteiger partial charge in [-0.05, 0) is 44.4 Å². The number of rotatable bonds is 9. The van der Waals surface area contributed by atoms with Crippen LogP contribution in [0.4, 0.5) is 10.5 Å². The van der Waals surface area contributed by atoms with Crippen LogP contribution >= 0.6 is 0 Å². The quantitative estimate of drug-likeness (QED) is 0.608. The van der Waals surface area contributed by atoms with Crippen LogP contribution in [0.1, 0.15) is 51.5 Å². The van der Waals surface area contributed by atoms with Gasteiger partial charge in [0, 0.05) is 38.3 Å². The van der Waals surface area contributed by atoms with Gasteiger partial charge in [-0.3, -0.25) is 9.59 Å². The third kappa shape index (κ3) is 7.59. The third-order valence-corrected chi connectivity index (χ3v) is 5.30. The zero-order chi connectivity index (χ0) is 22.6. The summed E-state index contributed by atoms with van der Waals surface area (Å²) in [7, 11) is 0. The molecule has 168 valence electrons. The van der Waals surface area contributed by atoms with Gasteiger partial charge in [0.25, 0.3) is 0 Å². The second-order valence-corrected chi connectivity index (χ2v) is 7.64. The maximum atomic E-state index is 12.8. The Morgan fingerprint density at radius 2 is 2.10 bits per heavy atom. The Kier molecular flexibility index (Phi) is 9.82. The molecule has 1 atom stereocenters. The van der Waals surface area contributed by atoms with Crippen LogP contribution in [0.15, 0.2) is 24.3 Å². The van der Waals surface area contributed by atoms with E-state index in [-0.39, 0.29) is 30.2 Å². The molecule has 2 rings (SSSR count). The second kappa shape index (κ2) is 12.6. The van der Waals surface area contributed by atoms with Crippen molar-refractivity contribution in [3.63, 3.8) is 0 Å². The Hall–Kier alpha value is -3.08. The van der Waals surface area contributed by atoms with E-state index in [0.29, 0.717) is 44.0 Å². The van der Waals surface area contributed by atoms with Crippen LogP contribution in [0.2, 0.25) is 0 Å². The maximum Gasteiger partial charge on any atom is 0.321 e. The molecule has 1 N–H and O–H groups in total. The van der Waals surface area contributed by atoms with Gasteiger partial charge in [-0.15, -0.1) is 0 Å². The van der Waals surface area contributed by atoms with Crippen molar-refractivity contribution >= 4 is 23.6 Å². The topological polar surface area (TPSA) is 103 Å². The van der Waals surface area contributed by atoms with Crippen molar-refractivity contribution in [1.29, 1.82) is 5.26 Å². The number of piperidine rings is 1. The normalized spacial score (nSPS) is 15.6. The van der Waals surface area contributed by atoms with Gasteiger partial charge in [0.15, 0.2) is 0 Å². The fraction of sp³-hybridized carbons (Fsp3) is 0.565. The molecule has 8 heteroatoms. The molecule has 8 nitrogen and oxygen atoms in total. The minimum Gasteiger partial charge on any atom is -0.466 e. The van der Waals surface area contributed by atoms with Gasteiger partial charge in [-0.1, -0.05) is 19.4 Å². The molecule has 31 heavy (non-hydrogen) atoms. The lowest BCUT2D eigenvalue weighted by atomic mass is 9.98. The van der Waals surface area contributed by atoms with E-state index in [2.05, 4.69) is 11.4 Å². The number of ether oxygens (including phenoxy) is 1. The summed E-state index contributed by atoms with van der Waals surface area (Å²) < 4.78 is 5.10. The minimum atomic E-state index is -0.292. The monoisotopic (exact) mass is 428 g/mol. The number of amides is 3. The molecule has 0 saturated carbocycles. The number of likely N-dealkylation sites (tertiary alicyclic amines) is 1. The van der Waals surface area contributed by atoms with Crippen LogP contribution < -0.4 is 5.32 Å². The van der Waals surface area contributed by atoms with E-state index < -0.39 is 0 Å². The number of nitrogens with zero attached hydrogens (tertiary/aromatic N) is 3. The summed E-state index contributed by atoms with van der Waals surface area (Å²) >= 11 is 0. The van der Waals surface area contributed by atoms with Crippen molar-refractivity contribution in [2.24, 2.45) is 5.92 Å². The van der Waals surface area contributed by atoms with Crippen LogP contribution in [-0.4, -0.2) is 60.5 Å². The number of unbranched alkanes of at least 4 members (excludes halogenated alkanes) is 1. The molecular formula is C23H32N4O4. The lowest BCUT2D eigenvalue weighted by molar-refractivity contribution is -0.151. The highest BCUT2D eigenvalue weighted by Crippen LogP contribution is 2.19. The summed E-state index contributed by atoms with van der Waals surface area (Å²) in [5.41, 5.74) is 1.01. The molecule has 1 aliphatic rings. The van der Waals surface area contributed by atoms with Crippen LogP contribution in [-0.2, 0) is 14.3 Å². The van der Waals surface area contributed by atoms with Gasteiger partial charge < -0.3 is 19.9 Å². The predicted molar refractivity (Wildman–Crippen MR) is 117 cm³/mol. The first kappa shape index (κ1) is 24.2. The molecule has 1 heterocycles. The van der Waals surface area contributed by atoms with Gasteiger partial charge in [-0.2, -0.15) is 5.26 Å². The summed E-state index contributed by atoms with van der Waals surface area (Å²) in [6.07, 6.45) is 3.45. The second-order valence-electron chi connectivity index (χ2n) is 7.64. The summed E-state index contributed by atoms with van der Waals surface area (Å²) in [4.78, 5) is 40.9. The maximum absolute atomic E-state index is 12.8. The van der Waals surface area contributed by atoms with E-state index in [0.717, 1.165) is 25.7 Å². The van der Waals surface area contributed by atoms with Crippen LogP contribution in [0, 0.1) is 17.2 Å². The Morgan fingerprint density at radius 3 is 2.81 bits per heavy atom. The zero-order valence-electron chi connectivity index (χ0n) is 18.4. The van der Waals surface area contributed by atoms with Gasteiger partial charge in [-0.25, -0.2) is 4.79 Å². The number of nitrogens with one attached hydrogen (secondary N) is 1. The van der Waals surface area contributed by atoms with Crippen molar-refractivity contribution in [1.82, 2.24) is 9.80 Å². The summed E-state index contributed by atoms with van der Waals surface area (Å²) in [6.45, 7) is 5.98. The Morgan fingerprint density at radius 1 is 1.29 bits per heavy atom. The molecule has 1 aliphatic heterocycles. The first-order chi connectivity index (χ1) is 15.0. The SMILES string of the molecule is CCCCN(CCC(=O)N1CCCC(C(=O)OCC)C1)C(=O)Nc1cccc(C#N)c1. The van der Waals surface area contributed by atoms with Crippen molar-refractivity contribution in [3.8, 4) is 6.07 Å². The first-order valence-electron chi connectivity index (χ1n) is 11.0. The highest BCUT2D eigenvalue weighted by molar-refractivity contribution is 5.90. The highest BCUT2D eigenvalue weighted by atomic mass is 16.5. The van der Waals surface area contributed by atoms with Crippen molar-refractivity contribution in [3.05, 3.63) is 29.8 Å². The fourth-order valence-electron chi connectivity index (χ4n) is 3.58. The van der Waals surface area contributed by atoms with E-state index in [1.165, 1.54) is 0 Å². The van der Waals surface area contributed by atoms with Crippen molar-refractivity contribution in [2.45, 2.75) is 46.0 Å². The molecule has 0 bridgehead atoms. The molecule has 0 radical (unpaired) electrons. The lowest BCUT2D eigenvalue weighted by Gasteiger charge is -2.32. The average molecular weight is 429 g/mol. The molecule has 1 aromatic rings. The standard InChI is InChI=1S/C23H32N4O4/c1-3-5-12-26(23(30)25-20-10-6-8-18(15-20)16-24)14-11-21(28)27-13-7-9-19(17-27)22(29)31-4-2/h6,8,10,15,19H,3-5,7,9,11-14,17H2,1-2H3,(H,25,30). The third-order valence-electron chi connectivity index (χ3n) is 5.30. The Bertz CT molecular complexity index is 805. The molecule has 0 spiro atoms. The molecule has 1 fully saturated rings. The number of carbonyl (C=O) groups is 3. The zero-order valence-corrected chi connectivity index (χ0v) is 18.4. The summed E-state index contributed by atoms with van der Waals surface area (Å²) in [5.74, 6) is -0.581. The Labute approximate surface area is 184 Å². The number of carbonyl (C=O) groups excluding carboxylic acids is 3. The summed E-state index contributed by atoms with van der Waals surface area (Å²) in [6, 6.07) is 8.49. The number of esters is 1. The number of benzene rings is 1. The number of urea groups is 1. The molecule has 3 amide bonds. The van der Waals surface area contributed by atoms with Crippen LogP contribution in [0.5, 0.6) is 0 Å². The molecule has 0 aromatic heterocycles. The highest BCUT2D eigenvalue weighted by Gasteiger charge is 2.29. The van der Waals surface area contributed by atoms with E-state index in [9.17, 15) is 14.4 Å². The van der Waals surface area contributed by atoms with Gasteiger partial charge in [0.1, 0.15) is 0 Å². The molecule has 1 unspecified atom stereocenters. The number of anilines is 1. The number of hydrogen-bond donors (Lipinski definition) is 1. The van der Waals surface area contributed by atoms with Gasteiger partial charge in [0.05, 0.1) is 24.2 Å². The first-order valence-corrected chi connectivity index (χ1v) is 11.0. The molecular weight excluding hydrogens is 396 g/mol. The molecule has 1 aromatic carbocycles. The lowest BCUT2D eigenvalue weighted by Crippen LogP contribution is -2.44. The molecule has 1 saturated heterocycles. The van der Waals surface area contributed by atoms with E-state index >= 15 is 0 Å². The number of nitriles is 1. The smallest absolute Gasteiger partial charge is 0.321 e. The van der Waals surface area contributed by atoms with Crippen LogP contribution in [0.25, 0.3) is 0 Å². The fourth-order valence-corrected chi connectivity index (χ4v) is 3.58.